The lowest BCUT2D eigenvalue weighted by Crippen LogP contribution is -2.16. The molecule has 16 heavy (non-hydrogen) atoms. The Labute approximate surface area is 103 Å². The molecule has 1 saturated heterocycles. The Hall–Kier alpha value is -0.770. The van der Waals surface area contributed by atoms with E-state index in [4.69, 9.17) is 23.2 Å². The van der Waals surface area contributed by atoms with Crippen molar-refractivity contribution in [1.82, 2.24) is 14.7 Å². The number of imidazole rings is 1. The largest absolute Gasteiger partial charge is 0.307 e. The average Bonchev–Trinajstić information content (AvgIpc) is 2.87. The van der Waals surface area contributed by atoms with E-state index in [1.54, 1.807) is 0 Å². The summed E-state index contributed by atoms with van der Waals surface area (Å²) in [4.78, 5) is 4.41. The molecule has 5 heteroatoms. The van der Waals surface area contributed by atoms with Crippen molar-refractivity contribution >= 4 is 28.7 Å². The molecule has 3 rings (SSSR count). The molecule has 1 fully saturated rings. The van der Waals surface area contributed by atoms with Crippen molar-refractivity contribution in [1.29, 1.82) is 0 Å². The first-order chi connectivity index (χ1) is 7.77. The maximum Gasteiger partial charge on any atom is 0.155 e. The Bertz CT molecular complexity index is 529. The van der Waals surface area contributed by atoms with Crippen molar-refractivity contribution in [3.05, 3.63) is 34.3 Å². The maximum absolute atomic E-state index is 6.19. The van der Waals surface area contributed by atoms with Crippen LogP contribution in [0.4, 0.5) is 0 Å². The molecule has 1 atom stereocenters. The van der Waals surface area contributed by atoms with Gasteiger partial charge in [-0.05, 0) is 31.5 Å². The van der Waals surface area contributed by atoms with Crippen LogP contribution in [0, 0.1) is 0 Å². The minimum atomic E-state index is 0.264. The topological polar surface area (TPSA) is 29.3 Å². The first kappa shape index (κ1) is 10.4. The SMILES string of the molecule is Clc1nc(C2CCCN2)n2c(Cl)cccc12. The standard InChI is InChI=1S/C11H11Cl2N3/c12-9-5-1-4-8-10(13)15-11(16(8)9)7-3-2-6-14-7/h1,4-5,7,14H,2-3,6H2. The third kappa shape index (κ3) is 1.51. The normalized spacial score (nSPS) is 20.8. The molecule has 0 amide bonds. The predicted octanol–water partition coefficient (Wildman–Crippen LogP) is 3.07. The van der Waals surface area contributed by atoms with Crippen LogP contribution in [0.15, 0.2) is 18.2 Å². The van der Waals surface area contributed by atoms with Gasteiger partial charge < -0.3 is 5.32 Å². The minimum absolute atomic E-state index is 0.264. The molecular weight excluding hydrogens is 245 g/mol. The Kier molecular flexibility index (Phi) is 2.54. The van der Waals surface area contributed by atoms with E-state index in [-0.39, 0.29) is 6.04 Å². The summed E-state index contributed by atoms with van der Waals surface area (Å²) in [6.07, 6.45) is 2.25. The molecule has 1 unspecified atom stereocenters. The molecule has 0 aliphatic carbocycles. The first-order valence-electron chi connectivity index (χ1n) is 5.33. The smallest absolute Gasteiger partial charge is 0.155 e. The van der Waals surface area contributed by atoms with Crippen LogP contribution in [0.25, 0.3) is 5.52 Å². The number of nitrogens with one attached hydrogen (secondary N) is 1. The van der Waals surface area contributed by atoms with Crippen LogP contribution in [0.3, 0.4) is 0 Å². The monoisotopic (exact) mass is 255 g/mol. The lowest BCUT2D eigenvalue weighted by atomic mass is 10.2. The summed E-state index contributed by atoms with van der Waals surface area (Å²) in [5.74, 6) is 0.920. The van der Waals surface area contributed by atoms with Crippen LogP contribution in [0.2, 0.25) is 10.3 Å². The highest BCUT2D eigenvalue weighted by molar-refractivity contribution is 6.33. The van der Waals surface area contributed by atoms with Gasteiger partial charge in [-0.25, -0.2) is 4.98 Å². The molecule has 0 aromatic carbocycles. The van der Waals surface area contributed by atoms with Gasteiger partial charge in [0.2, 0.25) is 0 Å². The summed E-state index contributed by atoms with van der Waals surface area (Å²) in [7, 11) is 0. The predicted molar refractivity (Wildman–Crippen MR) is 65.2 cm³/mol. The van der Waals surface area contributed by atoms with Crippen LogP contribution in [0.1, 0.15) is 24.7 Å². The van der Waals surface area contributed by atoms with Crippen LogP contribution in [-0.4, -0.2) is 15.9 Å². The third-order valence-electron chi connectivity index (χ3n) is 2.97. The molecule has 84 valence electrons. The van der Waals surface area contributed by atoms with Gasteiger partial charge in [0.1, 0.15) is 11.0 Å². The van der Waals surface area contributed by atoms with Gasteiger partial charge in [0.05, 0.1) is 11.6 Å². The maximum atomic E-state index is 6.19. The van der Waals surface area contributed by atoms with Crippen molar-refractivity contribution in [2.24, 2.45) is 0 Å². The summed E-state index contributed by atoms with van der Waals surface area (Å²) in [5, 5.41) is 4.58. The summed E-state index contributed by atoms with van der Waals surface area (Å²) in [5.41, 5.74) is 0.873. The van der Waals surface area contributed by atoms with Crippen molar-refractivity contribution in [3.63, 3.8) is 0 Å². The molecular formula is C11H11Cl2N3. The van der Waals surface area contributed by atoms with Gasteiger partial charge in [-0.3, -0.25) is 4.40 Å². The zero-order valence-electron chi connectivity index (χ0n) is 8.58. The van der Waals surface area contributed by atoms with E-state index in [2.05, 4.69) is 10.3 Å². The second-order valence-corrected chi connectivity index (χ2v) is 4.72. The fourth-order valence-corrected chi connectivity index (χ4v) is 2.71. The average molecular weight is 256 g/mol. The Morgan fingerprint density at radius 3 is 3.00 bits per heavy atom. The molecule has 2 aromatic rings. The van der Waals surface area contributed by atoms with Crippen LogP contribution in [0.5, 0.6) is 0 Å². The molecule has 0 saturated carbocycles. The number of aromatic nitrogens is 2. The van der Waals surface area contributed by atoms with Gasteiger partial charge in [0.25, 0.3) is 0 Å². The highest BCUT2D eigenvalue weighted by Gasteiger charge is 2.23. The van der Waals surface area contributed by atoms with Crippen molar-refractivity contribution in [3.8, 4) is 0 Å². The van der Waals surface area contributed by atoms with E-state index in [9.17, 15) is 0 Å². The molecule has 0 bridgehead atoms. The van der Waals surface area contributed by atoms with Crippen LogP contribution in [-0.2, 0) is 0 Å². The van der Waals surface area contributed by atoms with Gasteiger partial charge >= 0.3 is 0 Å². The lowest BCUT2D eigenvalue weighted by Gasteiger charge is -2.09. The molecule has 2 aromatic heterocycles. The quantitative estimate of drug-likeness (QED) is 0.794. The van der Waals surface area contributed by atoms with Crippen molar-refractivity contribution in [2.75, 3.05) is 6.54 Å². The molecule has 3 heterocycles. The van der Waals surface area contributed by atoms with Gasteiger partial charge in [-0.2, -0.15) is 0 Å². The number of nitrogens with zero attached hydrogens (tertiary/aromatic N) is 2. The fourth-order valence-electron chi connectivity index (χ4n) is 2.22. The summed E-state index contributed by atoms with van der Waals surface area (Å²) in [6.45, 7) is 1.03. The van der Waals surface area contributed by atoms with Gasteiger partial charge in [0.15, 0.2) is 5.15 Å². The number of hydrogen-bond acceptors (Lipinski definition) is 2. The zero-order valence-corrected chi connectivity index (χ0v) is 10.1. The van der Waals surface area contributed by atoms with Gasteiger partial charge in [-0.15, -0.1) is 0 Å². The fraction of sp³-hybridized carbons (Fsp3) is 0.364. The van der Waals surface area contributed by atoms with E-state index < -0.39 is 0 Å². The Balaban J connectivity index is 2.24. The second kappa shape index (κ2) is 3.91. The lowest BCUT2D eigenvalue weighted by molar-refractivity contribution is 0.603. The molecule has 0 radical (unpaired) electrons. The third-order valence-corrected chi connectivity index (χ3v) is 3.54. The molecule has 1 aliphatic heterocycles. The van der Waals surface area contributed by atoms with Crippen LogP contribution >= 0.6 is 23.2 Å². The van der Waals surface area contributed by atoms with E-state index in [0.29, 0.717) is 10.3 Å². The molecule has 3 nitrogen and oxygen atoms in total. The van der Waals surface area contributed by atoms with Gasteiger partial charge in [-0.1, -0.05) is 29.3 Å². The number of halogens is 2. The Morgan fingerprint density at radius 1 is 1.38 bits per heavy atom. The zero-order chi connectivity index (χ0) is 11.1. The van der Waals surface area contributed by atoms with E-state index in [1.165, 1.54) is 6.42 Å². The number of pyridine rings is 1. The molecule has 1 aliphatic rings. The first-order valence-corrected chi connectivity index (χ1v) is 6.09. The van der Waals surface area contributed by atoms with Crippen molar-refractivity contribution < 1.29 is 0 Å². The Morgan fingerprint density at radius 2 is 2.25 bits per heavy atom. The second-order valence-electron chi connectivity index (χ2n) is 3.98. The van der Waals surface area contributed by atoms with E-state index >= 15 is 0 Å². The molecule has 0 spiro atoms. The summed E-state index contributed by atoms with van der Waals surface area (Å²) in [6, 6.07) is 5.93. The van der Waals surface area contributed by atoms with E-state index in [1.807, 2.05) is 22.6 Å². The van der Waals surface area contributed by atoms with Crippen LogP contribution < -0.4 is 5.32 Å². The highest BCUT2D eigenvalue weighted by Crippen LogP contribution is 2.29. The molecule has 1 N–H and O–H groups in total. The number of hydrogen-bond donors (Lipinski definition) is 1. The number of rotatable bonds is 1. The number of fused-ring (bicyclic) bond motifs is 1. The highest BCUT2D eigenvalue weighted by atomic mass is 35.5. The van der Waals surface area contributed by atoms with Crippen molar-refractivity contribution in [2.45, 2.75) is 18.9 Å². The summed E-state index contributed by atoms with van der Waals surface area (Å²) >= 11 is 12.3. The van der Waals surface area contributed by atoms with Gasteiger partial charge in [0, 0.05) is 0 Å². The summed E-state index contributed by atoms with van der Waals surface area (Å²) < 4.78 is 1.92. The van der Waals surface area contributed by atoms with E-state index in [0.717, 1.165) is 24.3 Å². The minimum Gasteiger partial charge on any atom is -0.307 e.